The van der Waals surface area contributed by atoms with Gasteiger partial charge in [-0.3, -0.25) is 4.79 Å². The van der Waals surface area contributed by atoms with Gasteiger partial charge in [0.25, 0.3) is 0 Å². The van der Waals surface area contributed by atoms with Crippen molar-refractivity contribution < 1.29 is 22.0 Å². The lowest BCUT2D eigenvalue weighted by molar-refractivity contribution is -0.129. The van der Waals surface area contributed by atoms with E-state index in [9.17, 15) is 22.0 Å². The number of carbonyl (C=O) groups excluding carboxylic acids is 1. The lowest BCUT2D eigenvalue weighted by atomic mass is 9.95. The van der Waals surface area contributed by atoms with Crippen LogP contribution in [0.25, 0.3) is 0 Å². The van der Waals surface area contributed by atoms with Crippen LogP contribution in [-0.4, -0.2) is 44.1 Å². The first-order valence-electron chi connectivity index (χ1n) is 8.48. The van der Waals surface area contributed by atoms with Crippen LogP contribution in [0.2, 0.25) is 0 Å². The Bertz CT molecular complexity index is 909. The van der Waals surface area contributed by atoms with Crippen molar-refractivity contribution in [1.29, 1.82) is 0 Å². The number of likely N-dealkylation sites (tertiary alicyclic amines) is 1. The molecule has 1 heterocycles. The molecule has 1 aliphatic rings. The van der Waals surface area contributed by atoms with Crippen molar-refractivity contribution >= 4 is 28.2 Å². The van der Waals surface area contributed by atoms with Gasteiger partial charge in [0.15, 0.2) is 0 Å². The first-order chi connectivity index (χ1) is 12.8. The molecule has 152 valence electrons. The fraction of sp³-hybridized carbons (Fsp3) is 0.316. The largest absolute Gasteiger partial charge is 0.341 e. The van der Waals surface area contributed by atoms with Gasteiger partial charge in [-0.1, -0.05) is 42.5 Å². The zero-order valence-corrected chi connectivity index (χ0v) is 16.5. The smallest absolute Gasteiger partial charge is 0.340 e. The highest BCUT2D eigenvalue weighted by Crippen LogP contribution is 2.27. The van der Waals surface area contributed by atoms with E-state index in [1.165, 1.54) is 12.1 Å². The number of rotatable bonds is 5. The maximum atomic E-state index is 12.6. The number of nitrogens with two attached hydrogens (primary N) is 1. The van der Waals surface area contributed by atoms with Gasteiger partial charge in [0.05, 0.1) is 11.3 Å². The van der Waals surface area contributed by atoms with Crippen molar-refractivity contribution in [3.8, 4) is 0 Å². The summed E-state index contributed by atoms with van der Waals surface area (Å²) >= 11 is 0. The van der Waals surface area contributed by atoms with E-state index in [0.29, 0.717) is 18.7 Å². The summed E-state index contributed by atoms with van der Waals surface area (Å²) in [6.45, 7) is 0.956. The molecular weight excluding hydrogens is 410 g/mol. The zero-order valence-electron chi connectivity index (χ0n) is 14.9. The minimum absolute atomic E-state index is 0. The second-order valence-corrected chi connectivity index (χ2v) is 8.52. The molecule has 2 aromatic carbocycles. The van der Waals surface area contributed by atoms with Gasteiger partial charge in [-0.2, -0.15) is 8.78 Å². The third-order valence-corrected chi connectivity index (χ3v) is 6.19. The Kier molecular flexibility index (Phi) is 7.14. The number of alkyl halides is 2. The number of amides is 1. The van der Waals surface area contributed by atoms with Crippen LogP contribution in [0.4, 0.5) is 8.78 Å². The Morgan fingerprint density at radius 1 is 1.07 bits per heavy atom. The fourth-order valence-corrected chi connectivity index (χ4v) is 3.99. The summed E-state index contributed by atoms with van der Waals surface area (Å²) in [4.78, 5) is 13.8. The van der Waals surface area contributed by atoms with Crippen molar-refractivity contribution in [3.05, 3.63) is 65.7 Å². The molecule has 0 aromatic heterocycles. The van der Waals surface area contributed by atoms with E-state index in [1.54, 1.807) is 4.90 Å². The van der Waals surface area contributed by atoms with Gasteiger partial charge >= 0.3 is 5.76 Å². The van der Waals surface area contributed by atoms with Crippen LogP contribution in [0, 0.1) is 0 Å². The number of hydrogen-bond acceptors (Lipinski definition) is 4. The van der Waals surface area contributed by atoms with E-state index in [1.807, 2.05) is 30.3 Å². The van der Waals surface area contributed by atoms with E-state index in [2.05, 4.69) is 0 Å². The van der Waals surface area contributed by atoms with E-state index in [0.717, 1.165) is 17.7 Å². The number of benzene rings is 2. The predicted molar refractivity (Wildman–Crippen MR) is 104 cm³/mol. The van der Waals surface area contributed by atoms with E-state index in [-0.39, 0.29) is 36.7 Å². The van der Waals surface area contributed by atoms with Gasteiger partial charge < -0.3 is 10.6 Å². The molecular formula is C19H21ClF2N2O3S. The third kappa shape index (κ3) is 4.68. The van der Waals surface area contributed by atoms with Crippen LogP contribution < -0.4 is 5.73 Å². The quantitative estimate of drug-likeness (QED) is 0.790. The first kappa shape index (κ1) is 22.3. The Morgan fingerprint density at radius 3 is 2.25 bits per heavy atom. The summed E-state index contributed by atoms with van der Waals surface area (Å²) in [6, 6.07) is 14.6. The minimum Gasteiger partial charge on any atom is -0.340 e. The Morgan fingerprint density at radius 2 is 1.68 bits per heavy atom. The second-order valence-electron chi connectivity index (χ2n) is 6.61. The molecule has 0 bridgehead atoms. The summed E-state index contributed by atoms with van der Waals surface area (Å²) in [5.41, 5.74) is 7.84. The van der Waals surface area contributed by atoms with Crippen LogP contribution in [0.1, 0.15) is 17.0 Å². The van der Waals surface area contributed by atoms with Gasteiger partial charge in [-0.15, -0.1) is 12.4 Å². The maximum Gasteiger partial charge on any atom is 0.341 e. The average Bonchev–Trinajstić information content (AvgIpc) is 3.04. The molecule has 2 atom stereocenters. The highest BCUT2D eigenvalue weighted by atomic mass is 35.5. The monoisotopic (exact) mass is 430 g/mol. The molecule has 1 saturated heterocycles. The number of carbonyl (C=O) groups is 1. The van der Waals surface area contributed by atoms with Crippen molar-refractivity contribution in [2.45, 2.75) is 29.0 Å². The molecule has 0 aliphatic carbocycles. The molecule has 3 rings (SSSR count). The second kappa shape index (κ2) is 8.98. The molecule has 28 heavy (non-hydrogen) atoms. The van der Waals surface area contributed by atoms with Gasteiger partial charge in [-0.05, 0) is 23.3 Å². The van der Waals surface area contributed by atoms with Gasteiger partial charge in [-0.25, -0.2) is 8.42 Å². The predicted octanol–water partition coefficient (Wildman–Crippen LogP) is 2.60. The van der Waals surface area contributed by atoms with E-state index < -0.39 is 20.5 Å². The zero-order chi connectivity index (χ0) is 19.6. The highest BCUT2D eigenvalue weighted by Gasteiger charge is 2.33. The van der Waals surface area contributed by atoms with Crippen molar-refractivity contribution in [2.24, 2.45) is 5.73 Å². The SMILES string of the molecule is Cl.N[C@@H]1CN(C(=O)Cc2ccc(S(=O)(=O)C(F)F)cc2)C[C@H]1c1ccccc1. The fourth-order valence-electron chi connectivity index (χ4n) is 3.27. The summed E-state index contributed by atoms with van der Waals surface area (Å²) in [6.07, 6.45) is 0.0588. The normalized spacial score (nSPS) is 19.5. The van der Waals surface area contributed by atoms with Crippen LogP contribution in [0.15, 0.2) is 59.5 Å². The van der Waals surface area contributed by atoms with E-state index in [4.69, 9.17) is 5.73 Å². The Labute approximate surface area is 168 Å². The van der Waals surface area contributed by atoms with Gasteiger partial charge in [0.1, 0.15) is 0 Å². The summed E-state index contributed by atoms with van der Waals surface area (Å²) < 4.78 is 48.0. The first-order valence-corrected chi connectivity index (χ1v) is 10.0. The number of sulfone groups is 1. The molecule has 1 fully saturated rings. The molecule has 0 saturated carbocycles. The van der Waals surface area contributed by atoms with Crippen LogP contribution in [0.5, 0.6) is 0 Å². The third-order valence-electron chi connectivity index (χ3n) is 4.79. The number of nitrogens with zero attached hydrogens (tertiary/aromatic N) is 1. The van der Waals surface area contributed by atoms with Gasteiger partial charge in [0.2, 0.25) is 15.7 Å². The average molecular weight is 431 g/mol. The Balaban J connectivity index is 0.00000280. The van der Waals surface area contributed by atoms with Crippen molar-refractivity contribution in [3.63, 3.8) is 0 Å². The minimum atomic E-state index is -4.63. The summed E-state index contributed by atoms with van der Waals surface area (Å²) in [5, 5.41) is 0. The Hall–Kier alpha value is -2.03. The number of hydrogen-bond donors (Lipinski definition) is 1. The maximum absolute atomic E-state index is 12.6. The molecule has 1 amide bonds. The van der Waals surface area contributed by atoms with Gasteiger partial charge in [0, 0.05) is 25.0 Å². The highest BCUT2D eigenvalue weighted by molar-refractivity contribution is 7.91. The van der Waals surface area contributed by atoms with E-state index >= 15 is 0 Å². The molecule has 9 heteroatoms. The van der Waals surface area contributed by atoms with Crippen molar-refractivity contribution in [1.82, 2.24) is 4.90 Å². The number of halogens is 3. The lowest BCUT2D eigenvalue weighted by Crippen LogP contribution is -2.33. The molecule has 0 spiro atoms. The molecule has 0 radical (unpaired) electrons. The topological polar surface area (TPSA) is 80.5 Å². The van der Waals surface area contributed by atoms with Crippen LogP contribution >= 0.6 is 12.4 Å². The molecule has 0 unspecified atom stereocenters. The lowest BCUT2D eigenvalue weighted by Gasteiger charge is -2.16. The molecule has 1 aliphatic heterocycles. The molecule has 5 nitrogen and oxygen atoms in total. The molecule has 2 N–H and O–H groups in total. The van der Waals surface area contributed by atoms with Crippen LogP contribution in [0.3, 0.4) is 0 Å². The summed E-state index contributed by atoms with van der Waals surface area (Å²) in [5.74, 6) is -3.53. The molecule has 2 aromatic rings. The standard InChI is InChI=1S/C19H20F2N2O3S.ClH/c20-19(21)27(25,26)15-8-6-13(7-9-15)10-18(24)23-11-16(17(22)12-23)14-4-2-1-3-5-14;/h1-9,16-17,19H,10-12,22H2;1H/t16-,17+;/m0./s1. The van der Waals surface area contributed by atoms with Crippen LogP contribution in [-0.2, 0) is 21.1 Å². The van der Waals surface area contributed by atoms with Crippen molar-refractivity contribution in [2.75, 3.05) is 13.1 Å². The summed E-state index contributed by atoms with van der Waals surface area (Å²) in [7, 11) is -4.63.